The van der Waals surface area contributed by atoms with Crippen LogP contribution in [0.25, 0.3) is 0 Å². The molecule has 1 saturated heterocycles. The smallest absolute Gasteiger partial charge is 0.262 e. The van der Waals surface area contributed by atoms with Crippen molar-refractivity contribution in [3.63, 3.8) is 0 Å². The summed E-state index contributed by atoms with van der Waals surface area (Å²) < 4.78 is 19.0. The molecule has 2 aromatic carbocycles. The summed E-state index contributed by atoms with van der Waals surface area (Å²) in [4.78, 5) is 28.8. The zero-order chi connectivity index (χ0) is 23.8. The van der Waals surface area contributed by atoms with E-state index in [1.165, 1.54) is 23.5 Å². The van der Waals surface area contributed by atoms with Gasteiger partial charge in [-0.05, 0) is 34.7 Å². The maximum atomic E-state index is 13.5. The molecule has 2 amide bonds. The zero-order valence-corrected chi connectivity index (χ0v) is 19.6. The van der Waals surface area contributed by atoms with Crippen LogP contribution < -0.4 is 10.6 Å². The minimum Gasteiger partial charge on any atom is -0.379 e. The number of carbonyl (C=O) groups is 2. The average molecular weight is 482 g/mol. The Balaban J connectivity index is 1.48. The molecule has 2 heterocycles. The Kier molecular flexibility index (Phi) is 8.41. The van der Waals surface area contributed by atoms with Crippen molar-refractivity contribution in [2.45, 2.75) is 18.5 Å². The summed E-state index contributed by atoms with van der Waals surface area (Å²) in [6.45, 7) is 3.00. The normalized spacial score (nSPS) is 15.9. The van der Waals surface area contributed by atoms with Crippen LogP contribution in [0.2, 0.25) is 0 Å². The van der Waals surface area contributed by atoms with Gasteiger partial charge in [-0.1, -0.05) is 48.5 Å². The molecule has 1 aliphatic rings. The standard InChI is InChI=1S/C26H28FN3O3S/c27-21-10-8-20(9-11-21)23(30-12-14-33-15-13-30)18-28-25(31)22(17-19-5-2-1-3-6-19)29-26(32)24-7-4-16-34-24/h1-11,16,22-23H,12-15,17-18H2,(H,28,31)(H,29,32)/t22-,23?/m0/s1. The van der Waals surface area contributed by atoms with Crippen LogP contribution in [-0.4, -0.2) is 55.6 Å². The van der Waals surface area contributed by atoms with E-state index in [4.69, 9.17) is 4.74 Å². The van der Waals surface area contributed by atoms with Crippen molar-refractivity contribution in [3.8, 4) is 0 Å². The van der Waals surface area contributed by atoms with Crippen molar-refractivity contribution >= 4 is 23.2 Å². The van der Waals surface area contributed by atoms with E-state index in [9.17, 15) is 14.0 Å². The van der Waals surface area contributed by atoms with E-state index in [0.717, 1.165) is 24.2 Å². The lowest BCUT2D eigenvalue weighted by atomic mass is 10.0. The highest BCUT2D eigenvalue weighted by atomic mass is 32.1. The Labute approximate surface area is 202 Å². The zero-order valence-electron chi connectivity index (χ0n) is 18.8. The lowest BCUT2D eigenvalue weighted by molar-refractivity contribution is -0.123. The topological polar surface area (TPSA) is 70.7 Å². The van der Waals surface area contributed by atoms with E-state index >= 15 is 0 Å². The highest BCUT2D eigenvalue weighted by molar-refractivity contribution is 7.12. The lowest BCUT2D eigenvalue weighted by Crippen LogP contribution is -2.50. The first kappa shape index (κ1) is 24.1. The molecule has 2 N–H and O–H groups in total. The highest BCUT2D eigenvalue weighted by Gasteiger charge is 2.26. The molecule has 1 aliphatic heterocycles. The molecule has 1 aromatic heterocycles. The van der Waals surface area contributed by atoms with E-state index in [1.54, 1.807) is 18.2 Å². The number of nitrogens with zero attached hydrogens (tertiary/aromatic N) is 1. The van der Waals surface area contributed by atoms with Crippen LogP contribution in [0.4, 0.5) is 4.39 Å². The second-order valence-electron chi connectivity index (χ2n) is 8.15. The van der Waals surface area contributed by atoms with E-state index < -0.39 is 6.04 Å². The number of benzene rings is 2. The molecule has 3 aromatic rings. The predicted octanol–water partition coefficient (Wildman–Crippen LogP) is 3.42. The van der Waals surface area contributed by atoms with Gasteiger partial charge in [-0.2, -0.15) is 0 Å². The fraction of sp³-hybridized carbons (Fsp3) is 0.308. The Morgan fingerprint density at radius 2 is 1.74 bits per heavy atom. The lowest BCUT2D eigenvalue weighted by Gasteiger charge is -2.35. The van der Waals surface area contributed by atoms with Crippen molar-refractivity contribution < 1.29 is 18.7 Å². The van der Waals surface area contributed by atoms with E-state index in [1.807, 2.05) is 41.8 Å². The highest BCUT2D eigenvalue weighted by Crippen LogP contribution is 2.22. The van der Waals surface area contributed by atoms with E-state index in [-0.39, 0.29) is 23.7 Å². The minimum absolute atomic E-state index is 0.126. The summed E-state index contributed by atoms with van der Waals surface area (Å²) in [6.07, 6.45) is 0.378. The average Bonchev–Trinajstić information content (AvgIpc) is 3.41. The molecular weight excluding hydrogens is 453 g/mol. The number of hydrogen-bond donors (Lipinski definition) is 2. The van der Waals surface area contributed by atoms with Crippen molar-refractivity contribution in [3.05, 3.63) is 93.9 Å². The number of amides is 2. The molecule has 0 saturated carbocycles. The SMILES string of the molecule is O=C(N[C@@H](Cc1ccccc1)C(=O)NCC(c1ccc(F)cc1)N1CCOCC1)c1cccs1. The van der Waals surface area contributed by atoms with Crippen LogP contribution in [0.5, 0.6) is 0 Å². The van der Waals surface area contributed by atoms with Crippen LogP contribution in [0.3, 0.4) is 0 Å². The molecule has 4 rings (SSSR count). The molecule has 1 unspecified atom stereocenters. The van der Waals surface area contributed by atoms with E-state index in [2.05, 4.69) is 15.5 Å². The minimum atomic E-state index is -0.726. The third-order valence-corrected chi connectivity index (χ3v) is 6.73. The molecule has 178 valence electrons. The summed E-state index contributed by atoms with van der Waals surface area (Å²) in [7, 11) is 0. The van der Waals surface area contributed by atoms with Gasteiger partial charge in [-0.15, -0.1) is 11.3 Å². The molecule has 0 spiro atoms. The third-order valence-electron chi connectivity index (χ3n) is 5.86. The second-order valence-corrected chi connectivity index (χ2v) is 9.10. The van der Waals surface area contributed by atoms with Gasteiger partial charge in [-0.25, -0.2) is 4.39 Å². The summed E-state index contributed by atoms with van der Waals surface area (Å²) in [5.41, 5.74) is 1.88. The summed E-state index contributed by atoms with van der Waals surface area (Å²) in [5, 5.41) is 7.76. The Morgan fingerprint density at radius 3 is 2.41 bits per heavy atom. The van der Waals surface area contributed by atoms with Crippen molar-refractivity contribution in [1.29, 1.82) is 0 Å². The molecule has 2 atom stereocenters. The van der Waals surface area contributed by atoms with Gasteiger partial charge >= 0.3 is 0 Å². The van der Waals surface area contributed by atoms with Gasteiger partial charge in [0.2, 0.25) is 5.91 Å². The first-order valence-electron chi connectivity index (χ1n) is 11.3. The summed E-state index contributed by atoms with van der Waals surface area (Å²) in [5.74, 6) is -0.823. The molecule has 6 nitrogen and oxygen atoms in total. The number of nitrogens with one attached hydrogen (secondary N) is 2. The van der Waals surface area contributed by atoms with Gasteiger partial charge in [0.25, 0.3) is 5.91 Å². The molecule has 1 fully saturated rings. The van der Waals surface area contributed by atoms with Gasteiger partial charge in [0.05, 0.1) is 24.1 Å². The van der Waals surface area contributed by atoms with Crippen LogP contribution in [-0.2, 0) is 16.0 Å². The van der Waals surface area contributed by atoms with Crippen molar-refractivity contribution in [1.82, 2.24) is 15.5 Å². The van der Waals surface area contributed by atoms with Gasteiger partial charge < -0.3 is 15.4 Å². The number of hydrogen-bond acceptors (Lipinski definition) is 5. The molecule has 8 heteroatoms. The monoisotopic (exact) mass is 481 g/mol. The van der Waals surface area contributed by atoms with Gasteiger partial charge in [0.1, 0.15) is 11.9 Å². The third kappa shape index (κ3) is 6.50. The number of rotatable bonds is 9. The van der Waals surface area contributed by atoms with Crippen LogP contribution in [0.15, 0.2) is 72.1 Å². The number of morpholine rings is 1. The summed E-state index contributed by atoms with van der Waals surface area (Å²) >= 11 is 1.33. The predicted molar refractivity (Wildman–Crippen MR) is 130 cm³/mol. The maximum absolute atomic E-state index is 13.5. The fourth-order valence-corrected chi connectivity index (χ4v) is 4.68. The number of halogens is 1. The number of thiophene rings is 1. The molecular formula is C26H28FN3O3S. The quantitative estimate of drug-likeness (QED) is 0.491. The Bertz CT molecular complexity index is 1050. The Hall–Kier alpha value is -3.07. The van der Waals surface area contributed by atoms with Crippen molar-refractivity contribution in [2.75, 3.05) is 32.8 Å². The fourth-order valence-electron chi connectivity index (χ4n) is 4.05. The largest absolute Gasteiger partial charge is 0.379 e. The molecule has 0 bridgehead atoms. The molecule has 34 heavy (non-hydrogen) atoms. The van der Waals surface area contributed by atoms with Gasteiger partial charge in [0.15, 0.2) is 0 Å². The number of carbonyl (C=O) groups excluding carboxylic acids is 2. The number of ether oxygens (including phenoxy) is 1. The second kappa shape index (κ2) is 11.9. The van der Waals surface area contributed by atoms with Gasteiger partial charge in [0, 0.05) is 26.1 Å². The van der Waals surface area contributed by atoms with Crippen LogP contribution >= 0.6 is 11.3 Å². The van der Waals surface area contributed by atoms with Crippen LogP contribution in [0.1, 0.15) is 26.8 Å². The van der Waals surface area contributed by atoms with E-state index in [0.29, 0.717) is 31.1 Å². The maximum Gasteiger partial charge on any atom is 0.262 e. The summed E-state index contributed by atoms with van der Waals surface area (Å²) in [6, 6.07) is 18.7. The van der Waals surface area contributed by atoms with Crippen LogP contribution in [0, 0.1) is 5.82 Å². The Morgan fingerprint density at radius 1 is 1.00 bits per heavy atom. The molecule has 0 radical (unpaired) electrons. The molecule has 0 aliphatic carbocycles. The first-order valence-corrected chi connectivity index (χ1v) is 12.2. The van der Waals surface area contributed by atoms with Crippen molar-refractivity contribution in [2.24, 2.45) is 0 Å². The first-order chi connectivity index (χ1) is 16.6. The van der Waals surface area contributed by atoms with Gasteiger partial charge in [-0.3, -0.25) is 14.5 Å².